The zero-order valence-corrected chi connectivity index (χ0v) is 9.62. The summed E-state index contributed by atoms with van der Waals surface area (Å²) in [7, 11) is -7.82. The predicted octanol–water partition coefficient (Wildman–Crippen LogP) is 0.850. The van der Waals surface area contributed by atoms with Gasteiger partial charge in [0, 0.05) is 6.26 Å². The highest BCUT2D eigenvalue weighted by atomic mass is 32.3. The third-order valence-electron chi connectivity index (χ3n) is 1.44. The minimum atomic E-state index is -3.96. The Bertz CT molecular complexity index is 519. The average molecular weight is 248 g/mol. The van der Waals surface area contributed by atoms with Gasteiger partial charge >= 0.3 is 0 Å². The van der Waals surface area contributed by atoms with Crippen LogP contribution in [0.15, 0.2) is 30.3 Å². The summed E-state index contributed by atoms with van der Waals surface area (Å²) in [5.41, 5.74) is 0.505. The van der Waals surface area contributed by atoms with E-state index in [1.807, 2.05) is 0 Å². The maximum Gasteiger partial charge on any atom is 0.0872 e. The van der Waals surface area contributed by atoms with E-state index < -0.39 is 25.8 Å². The van der Waals surface area contributed by atoms with E-state index in [9.17, 15) is 16.8 Å². The first-order valence-corrected chi connectivity index (χ1v) is 7.45. The van der Waals surface area contributed by atoms with Gasteiger partial charge in [0.15, 0.2) is 0 Å². The largest absolute Gasteiger partial charge is 0.436 e. The van der Waals surface area contributed by atoms with Gasteiger partial charge in [-0.15, -0.1) is 0 Å². The molecule has 15 heavy (non-hydrogen) atoms. The van der Waals surface area contributed by atoms with Crippen molar-refractivity contribution >= 4 is 20.0 Å². The first-order valence-electron chi connectivity index (χ1n) is 3.99. The molecule has 5 nitrogen and oxygen atoms in total. The first kappa shape index (κ1) is 12.2. The molecule has 1 rings (SSSR count). The summed E-state index contributed by atoms with van der Waals surface area (Å²) in [4.78, 5) is 0. The van der Waals surface area contributed by atoms with E-state index in [4.69, 9.17) is 0 Å². The van der Waals surface area contributed by atoms with Gasteiger partial charge in [0.2, 0.25) is 0 Å². The molecule has 0 atom stereocenters. The van der Waals surface area contributed by atoms with E-state index in [-0.39, 0.29) is 0 Å². The van der Waals surface area contributed by atoms with Crippen LogP contribution >= 0.6 is 0 Å². The van der Waals surface area contributed by atoms with Crippen LogP contribution in [0.5, 0.6) is 0 Å². The Balaban J connectivity index is 2.83. The molecule has 0 N–H and O–H groups in total. The molecule has 0 bridgehead atoms. The molecule has 1 aromatic rings. The molecule has 0 fully saturated rings. The number of nitrogens with zero attached hydrogens (tertiary/aromatic N) is 1. The van der Waals surface area contributed by atoms with Crippen LogP contribution in [0, 0.1) is 0 Å². The smallest absolute Gasteiger partial charge is 0.0872 e. The van der Waals surface area contributed by atoms with Gasteiger partial charge in [0.1, 0.15) is 0 Å². The molecule has 0 aliphatic heterocycles. The number of sulfonamides is 2. The van der Waals surface area contributed by atoms with Crippen molar-refractivity contribution in [2.75, 3.05) is 6.26 Å². The third kappa shape index (κ3) is 4.91. The predicted molar refractivity (Wildman–Crippen MR) is 57.3 cm³/mol. The molecule has 7 heteroatoms. The van der Waals surface area contributed by atoms with Crippen molar-refractivity contribution in [3.63, 3.8) is 0 Å². The van der Waals surface area contributed by atoms with E-state index in [1.165, 1.54) is 0 Å². The van der Waals surface area contributed by atoms with Crippen LogP contribution in [0.25, 0.3) is 4.13 Å². The van der Waals surface area contributed by atoms with Crippen LogP contribution in [0.1, 0.15) is 5.56 Å². The summed E-state index contributed by atoms with van der Waals surface area (Å²) >= 11 is 0. The Hall–Kier alpha value is -0.920. The van der Waals surface area contributed by atoms with Gasteiger partial charge in [-0.3, -0.25) is 0 Å². The van der Waals surface area contributed by atoms with E-state index in [0.29, 0.717) is 5.56 Å². The first-order chi connectivity index (χ1) is 6.79. The molecule has 0 aliphatic carbocycles. The maximum absolute atomic E-state index is 11.3. The van der Waals surface area contributed by atoms with Gasteiger partial charge in [-0.2, -0.15) is 0 Å². The lowest BCUT2D eigenvalue weighted by molar-refractivity contribution is 0.597. The molecule has 0 spiro atoms. The Morgan fingerprint density at radius 2 is 1.60 bits per heavy atom. The molecule has 0 heterocycles. The number of benzene rings is 1. The van der Waals surface area contributed by atoms with Crippen molar-refractivity contribution < 1.29 is 16.8 Å². The van der Waals surface area contributed by atoms with Crippen LogP contribution in [0.2, 0.25) is 0 Å². The Morgan fingerprint density at radius 3 is 2.07 bits per heavy atom. The number of hydrogen-bond donors (Lipinski definition) is 0. The van der Waals surface area contributed by atoms with Crippen molar-refractivity contribution in [3.05, 3.63) is 40.0 Å². The third-order valence-corrected chi connectivity index (χ3v) is 4.13. The minimum absolute atomic E-state index is 0.402. The van der Waals surface area contributed by atoms with Crippen molar-refractivity contribution in [2.45, 2.75) is 5.75 Å². The molecule has 1 aromatic carbocycles. The maximum atomic E-state index is 11.3. The number of hydrogen-bond acceptors (Lipinski definition) is 4. The SMILES string of the molecule is CS(=O)(=O)[N-]S(=O)(=O)Cc1ccccc1. The van der Waals surface area contributed by atoms with Gasteiger partial charge in [-0.1, -0.05) is 30.3 Å². The molecule has 0 unspecified atom stereocenters. The van der Waals surface area contributed by atoms with Crippen LogP contribution in [0.4, 0.5) is 0 Å². The van der Waals surface area contributed by atoms with E-state index in [0.717, 1.165) is 6.26 Å². The molecule has 0 aliphatic rings. The fraction of sp³-hybridized carbons (Fsp3) is 0.250. The normalized spacial score (nSPS) is 12.6. The number of rotatable bonds is 4. The van der Waals surface area contributed by atoms with E-state index >= 15 is 0 Å². The molecule has 0 saturated carbocycles. The van der Waals surface area contributed by atoms with Crippen LogP contribution in [0.3, 0.4) is 0 Å². The van der Waals surface area contributed by atoms with Crippen molar-refractivity contribution in [1.29, 1.82) is 0 Å². The molecular weight excluding hydrogens is 238 g/mol. The van der Waals surface area contributed by atoms with Crippen LogP contribution in [-0.2, 0) is 25.8 Å². The highest BCUT2D eigenvalue weighted by molar-refractivity contribution is 8.11. The minimum Gasteiger partial charge on any atom is -0.436 e. The topological polar surface area (TPSA) is 82.4 Å². The Morgan fingerprint density at radius 1 is 1.07 bits per heavy atom. The standard InChI is InChI=1S/C8H10NO4S2/c1-14(10,11)9-15(12,13)7-8-5-3-2-4-6-8/h2-6H,7H2,1H3/q-1. The zero-order valence-electron chi connectivity index (χ0n) is 7.99. The van der Waals surface area contributed by atoms with Gasteiger partial charge in [-0.25, -0.2) is 16.8 Å². The van der Waals surface area contributed by atoms with Gasteiger partial charge in [0.25, 0.3) is 0 Å². The van der Waals surface area contributed by atoms with Crippen LogP contribution in [-0.4, -0.2) is 23.1 Å². The van der Waals surface area contributed by atoms with Crippen molar-refractivity contribution in [2.24, 2.45) is 0 Å². The Kier molecular flexibility index (Phi) is 3.48. The molecule has 0 radical (unpaired) electrons. The fourth-order valence-electron chi connectivity index (χ4n) is 1.02. The molecule has 0 amide bonds. The molecule has 0 saturated heterocycles. The molecule has 84 valence electrons. The van der Waals surface area contributed by atoms with Gasteiger partial charge in [-0.05, 0) is 5.56 Å². The van der Waals surface area contributed by atoms with E-state index in [2.05, 4.69) is 4.13 Å². The van der Waals surface area contributed by atoms with Crippen LogP contribution < -0.4 is 0 Å². The van der Waals surface area contributed by atoms with Gasteiger partial charge in [0.05, 0.1) is 25.8 Å². The lowest BCUT2D eigenvalue weighted by Gasteiger charge is -2.17. The quantitative estimate of drug-likeness (QED) is 0.790. The summed E-state index contributed by atoms with van der Waals surface area (Å²) in [5, 5.41) is 0. The second kappa shape index (κ2) is 4.30. The summed E-state index contributed by atoms with van der Waals surface area (Å²) in [5.74, 6) is -0.402. The lowest BCUT2D eigenvalue weighted by Crippen LogP contribution is -2.07. The second-order valence-corrected chi connectivity index (χ2v) is 6.53. The second-order valence-electron chi connectivity index (χ2n) is 3.02. The monoisotopic (exact) mass is 248 g/mol. The van der Waals surface area contributed by atoms with E-state index in [1.54, 1.807) is 30.3 Å². The molecule has 0 aromatic heterocycles. The fourth-order valence-corrected chi connectivity index (χ4v) is 3.49. The highest BCUT2D eigenvalue weighted by Crippen LogP contribution is 2.14. The van der Waals surface area contributed by atoms with Crippen molar-refractivity contribution in [3.8, 4) is 0 Å². The zero-order chi connectivity index (χ0) is 11.5. The summed E-state index contributed by atoms with van der Waals surface area (Å²) in [6, 6.07) is 8.27. The summed E-state index contributed by atoms with van der Waals surface area (Å²) in [6.07, 6.45) is 0.746. The Labute approximate surface area is 89.2 Å². The lowest BCUT2D eigenvalue weighted by atomic mass is 10.2. The van der Waals surface area contributed by atoms with Crippen molar-refractivity contribution in [1.82, 2.24) is 0 Å². The van der Waals surface area contributed by atoms with Gasteiger partial charge < -0.3 is 4.13 Å². The summed E-state index contributed by atoms with van der Waals surface area (Å²) < 4.78 is 46.7. The average Bonchev–Trinajstić information content (AvgIpc) is 1.99. The summed E-state index contributed by atoms with van der Waals surface area (Å²) in [6.45, 7) is 0. The molecular formula is C8H10NO4S2-. The highest BCUT2D eigenvalue weighted by Gasteiger charge is 2.04.